The molecule has 1 aliphatic rings. The largest absolute Gasteiger partial charge is 0.493 e. The number of fused-ring (bicyclic) bond motifs is 1. The molecule has 1 aromatic rings. The van der Waals surface area contributed by atoms with Crippen molar-refractivity contribution in [2.24, 2.45) is 0 Å². The van der Waals surface area contributed by atoms with Crippen molar-refractivity contribution in [1.29, 1.82) is 0 Å². The molecule has 0 N–H and O–H groups in total. The van der Waals surface area contributed by atoms with Gasteiger partial charge < -0.3 is 14.2 Å². The van der Waals surface area contributed by atoms with E-state index >= 15 is 0 Å². The van der Waals surface area contributed by atoms with E-state index in [1.807, 2.05) is 26.0 Å². The first-order chi connectivity index (χ1) is 8.00. The van der Waals surface area contributed by atoms with Crippen molar-refractivity contribution in [1.82, 2.24) is 0 Å². The van der Waals surface area contributed by atoms with Gasteiger partial charge >= 0.3 is 5.97 Å². The van der Waals surface area contributed by atoms with Gasteiger partial charge in [-0.2, -0.15) is 0 Å². The summed E-state index contributed by atoms with van der Waals surface area (Å²) in [4.78, 5) is 11.7. The average molecular weight is 236 g/mol. The summed E-state index contributed by atoms with van der Waals surface area (Å²) in [6.45, 7) is 3.98. The van der Waals surface area contributed by atoms with Crippen LogP contribution in [-0.2, 0) is 21.6 Å². The lowest BCUT2D eigenvalue weighted by molar-refractivity contribution is -0.152. The van der Waals surface area contributed by atoms with Crippen molar-refractivity contribution < 1.29 is 19.0 Å². The summed E-state index contributed by atoms with van der Waals surface area (Å²) in [6.07, 6.45) is 0. The fourth-order valence-electron chi connectivity index (χ4n) is 2.06. The first-order valence-corrected chi connectivity index (χ1v) is 5.43. The molecule has 4 heteroatoms. The number of benzene rings is 1. The Bertz CT molecular complexity index is 463. The third kappa shape index (κ3) is 1.73. The van der Waals surface area contributed by atoms with Crippen LogP contribution in [0.2, 0.25) is 0 Å². The molecule has 0 aliphatic carbocycles. The maximum Gasteiger partial charge on any atom is 0.316 e. The first kappa shape index (κ1) is 11.8. The molecule has 0 atom stereocenters. The van der Waals surface area contributed by atoms with Gasteiger partial charge in [0.15, 0.2) is 11.5 Å². The number of hydrogen-bond donors (Lipinski definition) is 0. The van der Waals surface area contributed by atoms with E-state index in [2.05, 4.69) is 0 Å². The zero-order valence-corrected chi connectivity index (χ0v) is 10.5. The lowest BCUT2D eigenvalue weighted by atomic mass is 9.80. The molecule has 0 spiro atoms. The maximum atomic E-state index is 11.7. The minimum atomic E-state index is -0.646. The van der Waals surface area contributed by atoms with Crippen LogP contribution in [0.1, 0.15) is 25.0 Å². The predicted molar refractivity (Wildman–Crippen MR) is 62.4 cm³/mol. The molecule has 0 bridgehead atoms. The molecule has 4 nitrogen and oxygen atoms in total. The van der Waals surface area contributed by atoms with E-state index in [4.69, 9.17) is 14.2 Å². The fraction of sp³-hybridized carbons (Fsp3) is 0.462. The third-order valence-electron chi connectivity index (χ3n) is 3.15. The van der Waals surface area contributed by atoms with Crippen molar-refractivity contribution in [3.63, 3.8) is 0 Å². The highest BCUT2D eigenvalue weighted by molar-refractivity contribution is 5.84. The monoisotopic (exact) mass is 236 g/mol. The van der Waals surface area contributed by atoms with E-state index in [9.17, 15) is 4.79 Å². The summed E-state index contributed by atoms with van der Waals surface area (Å²) < 4.78 is 15.6. The highest BCUT2D eigenvalue weighted by Crippen LogP contribution is 2.39. The average Bonchev–Trinajstić information content (AvgIpc) is 2.33. The Morgan fingerprint density at radius 1 is 1.18 bits per heavy atom. The molecule has 0 radical (unpaired) electrons. The van der Waals surface area contributed by atoms with Crippen LogP contribution in [0.3, 0.4) is 0 Å². The highest BCUT2D eigenvalue weighted by atomic mass is 16.5. The smallest absolute Gasteiger partial charge is 0.316 e. The van der Waals surface area contributed by atoms with Gasteiger partial charge in [0.1, 0.15) is 6.61 Å². The maximum absolute atomic E-state index is 11.7. The molecular formula is C13H16O4. The number of esters is 1. The van der Waals surface area contributed by atoms with Crippen LogP contribution in [0.25, 0.3) is 0 Å². The molecule has 0 fully saturated rings. The summed E-state index contributed by atoms with van der Waals surface area (Å²) in [5, 5.41) is 0. The van der Waals surface area contributed by atoms with Gasteiger partial charge in [0.2, 0.25) is 0 Å². The second-order valence-corrected chi connectivity index (χ2v) is 4.57. The highest BCUT2D eigenvalue weighted by Gasteiger charge is 2.38. The van der Waals surface area contributed by atoms with E-state index in [-0.39, 0.29) is 12.6 Å². The molecule has 1 heterocycles. The number of methoxy groups -OCH3 is 2. The topological polar surface area (TPSA) is 44.8 Å². The molecule has 1 aromatic carbocycles. The predicted octanol–water partition coefficient (Wildman–Crippen LogP) is 2.04. The van der Waals surface area contributed by atoms with Crippen molar-refractivity contribution >= 4 is 5.97 Å². The molecule has 92 valence electrons. The van der Waals surface area contributed by atoms with Crippen LogP contribution in [0.15, 0.2) is 12.1 Å². The van der Waals surface area contributed by atoms with Gasteiger partial charge in [-0.25, -0.2) is 0 Å². The van der Waals surface area contributed by atoms with Gasteiger partial charge in [-0.3, -0.25) is 4.79 Å². The van der Waals surface area contributed by atoms with Crippen molar-refractivity contribution in [3.8, 4) is 11.5 Å². The Morgan fingerprint density at radius 3 is 2.35 bits per heavy atom. The van der Waals surface area contributed by atoms with E-state index in [0.29, 0.717) is 11.5 Å². The second kappa shape index (κ2) is 3.95. The molecule has 0 saturated carbocycles. The Balaban J connectivity index is 2.61. The molecule has 1 aliphatic heterocycles. The Kier molecular flexibility index (Phi) is 2.73. The van der Waals surface area contributed by atoms with Gasteiger partial charge in [0.25, 0.3) is 0 Å². The van der Waals surface area contributed by atoms with Gasteiger partial charge in [-0.1, -0.05) is 0 Å². The summed E-state index contributed by atoms with van der Waals surface area (Å²) >= 11 is 0. The molecule has 0 aromatic heterocycles. The third-order valence-corrected chi connectivity index (χ3v) is 3.15. The lowest BCUT2D eigenvalue weighted by Crippen LogP contribution is -2.36. The Morgan fingerprint density at radius 2 is 1.76 bits per heavy atom. The summed E-state index contributed by atoms with van der Waals surface area (Å²) in [7, 11) is 3.17. The second-order valence-electron chi connectivity index (χ2n) is 4.57. The van der Waals surface area contributed by atoms with Crippen molar-refractivity contribution in [3.05, 3.63) is 23.3 Å². The first-order valence-electron chi connectivity index (χ1n) is 5.43. The molecular weight excluding hydrogens is 220 g/mol. The molecule has 2 rings (SSSR count). The zero-order chi connectivity index (χ0) is 12.6. The van der Waals surface area contributed by atoms with Gasteiger partial charge in [-0.15, -0.1) is 0 Å². The van der Waals surface area contributed by atoms with Crippen molar-refractivity contribution in [2.75, 3.05) is 14.2 Å². The van der Waals surface area contributed by atoms with Crippen LogP contribution in [0.4, 0.5) is 0 Å². The number of cyclic esters (lactones) is 1. The standard InChI is InChI=1S/C13H16O4/c1-13(2)9-6-11(16-4)10(15-3)5-8(9)7-17-12(13)14/h5-6H,7H2,1-4H3. The molecule has 17 heavy (non-hydrogen) atoms. The minimum absolute atomic E-state index is 0.211. The SMILES string of the molecule is COc1cc2c(cc1OC)C(C)(C)C(=O)OC2. The minimum Gasteiger partial charge on any atom is -0.493 e. The fourth-order valence-corrected chi connectivity index (χ4v) is 2.06. The van der Waals surface area contributed by atoms with Crippen LogP contribution in [0.5, 0.6) is 11.5 Å². The van der Waals surface area contributed by atoms with Crippen LogP contribution >= 0.6 is 0 Å². The van der Waals surface area contributed by atoms with Crippen molar-refractivity contribution in [2.45, 2.75) is 25.9 Å². The van der Waals surface area contributed by atoms with Crippen LogP contribution in [0, 0.1) is 0 Å². The summed E-state index contributed by atoms with van der Waals surface area (Å²) in [5.74, 6) is 1.08. The number of rotatable bonds is 2. The normalized spacial score (nSPS) is 17.1. The molecule has 0 unspecified atom stereocenters. The quantitative estimate of drug-likeness (QED) is 0.737. The number of ether oxygens (including phenoxy) is 3. The lowest BCUT2D eigenvalue weighted by Gasteiger charge is -2.31. The van der Waals surface area contributed by atoms with E-state index in [1.54, 1.807) is 14.2 Å². The van der Waals surface area contributed by atoms with E-state index < -0.39 is 5.41 Å². The molecule has 0 saturated heterocycles. The number of hydrogen-bond acceptors (Lipinski definition) is 4. The molecule has 0 amide bonds. The van der Waals surface area contributed by atoms with Crippen LogP contribution < -0.4 is 9.47 Å². The number of carbonyl (C=O) groups is 1. The Hall–Kier alpha value is -1.71. The van der Waals surface area contributed by atoms with E-state index in [1.165, 1.54) is 0 Å². The van der Waals surface area contributed by atoms with Crippen LogP contribution in [-0.4, -0.2) is 20.2 Å². The summed E-state index contributed by atoms with van der Waals surface area (Å²) in [5.41, 5.74) is 1.26. The Labute approximate surface area is 100 Å². The number of carbonyl (C=O) groups excluding carboxylic acids is 1. The van der Waals surface area contributed by atoms with Gasteiger partial charge in [-0.05, 0) is 37.1 Å². The van der Waals surface area contributed by atoms with Gasteiger partial charge in [0, 0.05) is 0 Å². The van der Waals surface area contributed by atoms with Gasteiger partial charge in [0.05, 0.1) is 19.6 Å². The van der Waals surface area contributed by atoms with E-state index in [0.717, 1.165) is 11.1 Å². The zero-order valence-electron chi connectivity index (χ0n) is 10.5. The summed E-state index contributed by atoms with van der Waals surface area (Å²) in [6, 6.07) is 3.72.